The van der Waals surface area contributed by atoms with Gasteiger partial charge < -0.3 is 26.7 Å². The third-order valence-corrected chi connectivity index (χ3v) is 9.25. The molecule has 0 saturated heterocycles. The van der Waals surface area contributed by atoms with Crippen LogP contribution in [-0.2, 0) is 16.6 Å². The van der Waals surface area contributed by atoms with Crippen LogP contribution in [0.15, 0.2) is 30.6 Å². The Kier molecular flexibility index (Phi) is 7.43. The number of nitrogens with zero attached hydrogens (tertiary/aromatic N) is 3. The number of aliphatic carboxylic acids is 1. The predicted octanol–water partition coefficient (Wildman–Crippen LogP) is 6.07. The number of aliphatic hydroxyl groups is 1. The summed E-state index contributed by atoms with van der Waals surface area (Å²) in [5, 5.41) is 32.4. The molecule has 6 N–H and O–H groups in total. The molecule has 3 aromatic rings. The topological polar surface area (TPSA) is 158 Å². The summed E-state index contributed by atoms with van der Waals surface area (Å²) in [6.45, 7) is 7.43. The summed E-state index contributed by atoms with van der Waals surface area (Å²) >= 11 is 1.21. The maximum atomic E-state index is 13.1. The molecule has 3 atom stereocenters. The van der Waals surface area contributed by atoms with Crippen LogP contribution in [0.4, 0.5) is 30.5 Å². The molecule has 1 aromatic carbocycles. The number of halogens is 3. The molecule has 9 nitrogen and oxygen atoms in total. The van der Waals surface area contributed by atoms with Crippen molar-refractivity contribution in [2.45, 2.75) is 58.7 Å². The van der Waals surface area contributed by atoms with Crippen molar-refractivity contribution in [1.82, 2.24) is 15.0 Å². The fraction of sp³-hybridized carbons (Fsp3) is 0.444. The number of aromatic nitrogens is 3. The highest BCUT2D eigenvalue weighted by molar-refractivity contribution is 7.15. The van der Waals surface area contributed by atoms with E-state index in [0.717, 1.165) is 18.5 Å². The van der Waals surface area contributed by atoms with E-state index in [4.69, 9.17) is 11.1 Å². The number of alkyl halides is 3. The zero-order chi connectivity index (χ0) is 29.7. The lowest BCUT2D eigenvalue weighted by Crippen LogP contribution is -2.50. The van der Waals surface area contributed by atoms with Crippen molar-refractivity contribution in [3.05, 3.63) is 46.9 Å². The Morgan fingerprint density at radius 2 is 1.98 bits per heavy atom. The van der Waals surface area contributed by atoms with E-state index in [2.05, 4.69) is 20.3 Å². The van der Waals surface area contributed by atoms with Crippen LogP contribution in [0.5, 0.6) is 0 Å². The third-order valence-electron chi connectivity index (χ3n) is 8.00. The number of carbonyl (C=O) groups is 1. The molecular formula is C27H31F3N6O3S. The summed E-state index contributed by atoms with van der Waals surface area (Å²) in [4.78, 5) is 24.3. The standard InChI is InChI=1S/C27H31F3N6O3S/c1-24(2)13-25(3,7-5-17(24)21(37)38)26(4,39)22-34-12-18(40-22)16-10-15(9-14(11-31)20(16)32)35-23-33-8-6-19(36-23)27(28,29)30/h6,8-12,17,31,39H,5,7,13,32H2,1-4H3,(H,37,38)(H,33,35,36). The van der Waals surface area contributed by atoms with Gasteiger partial charge >= 0.3 is 12.1 Å². The second kappa shape index (κ2) is 10.1. The Balaban J connectivity index is 1.68. The van der Waals surface area contributed by atoms with Crippen LogP contribution in [0.3, 0.4) is 0 Å². The van der Waals surface area contributed by atoms with E-state index >= 15 is 0 Å². The van der Waals surface area contributed by atoms with Gasteiger partial charge in [0.05, 0.1) is 10.8 Å². The van der Waals surface area contributed by atoms with Gasteiger partial charge in [-0.05, 0) is 49.8 Å². The molecule has 1 saturated carbocycles. The number of anilines is 3. The molecule has 2 heterocycles. The van der Waals surface area contributed by atoms with E-state index in [-0.39, 0.29) is 11.6 Å². The highest BCUT2D eigenvalue weighted by atomic mass is 32.1. The molecular weight excluding hydrogens is 545 g/mol. The molecule has 0 aliphatic heterocycles. The fourth-order valence-corrected chi connectivity index (χ4v) is 6.75. The lowest BCUT2D eigenvalue weighted by Gasteiger charge is -2.52. The minimum absolute atomic E-state index is 0.259. The van der Waals surface area contributed by atoms with Crippen molar-refractivity contribution in [1.29, 1.82) is 5.41 Å². The lowest BCUT2D eigenvalue weighted by atomic mass is 9.54. The van der Waals surface area contributed by atoms with Gasteiger partial charge in [-0.3, -0.25) is 4.79 Å². The van der Waals surface area contributed by atoms with Crippen LogP contribution < -0.4 is 11.1 Å². The van der Waals surface area contributed by atoms with Crippen molar-refractivity contribution >= 4 is 40.8 Å². The fourth-order valence-electron chi connectivity index (χ4n) is 5.60. The first-order valence-corrected chi connectivity index (χ1v) is 13.3. The molecule has 1 fully saturated rings. The van der Waals surface area contributed by atoms with Crippen molar-refractivity contribution in [3.8, 4) is 10.4 Å². The summed E-state index contributed by atoms with van der Waals surface area (Å²) in [5.41, 5.74) is 3.99. The normalized spacial score (nSPS) is 22.4. The smallest absolute Gasteiger partial charge is 0.433 e. The third kappa shape index (κ3) is 5.39. The zero-order valence-corrected chi connectivity index (χ0v) is 23.2. The largest absolute Gasteiger partial charge is 0.481 e. The first kappa shape index (κ1) is 29.4. The highest BCUT2D eigenvalue weighted by Gasteiger charge is 2.54. The monoisotopic (exact) mass is 576 g/mol. The van der Waals surface area contributed by atoms with Gasteiger partial charge in [0.2, 0.25) is 5.95 Å². The van der Waals surface area contributed by atoms with Crippen LogP contribution in [0.25, 0.3) is 10.4 Å². The first-order chi connectivity index (χ1) is 18.5. The van der Waals surface area contributed by atoms with Crippen molar-refractivity contribution in [2.75, 3.05) is 11.1 Å². The summed E-state index contributed by atoms with van der Waals surface area (Å²) < 4.78 is 39.3. The maximum Gasteiger partial charge on any atom is 0.433 e. The number of nitrogen functional groups attached to an aromatic ring is 1. The minimum atomic E-state index is -4.64. The molecule has 214 valence electrons. The van der Waals surface area contributed by atoms with E-state index in [1.807, 2.05) is 20.8 Å². The molecule has 3 unspecified atom stereocenters. The maximum absolute atomic E-state index is 13.1. The molecule has 0 radical (unpaired) electrons. The quantitative estimate of drug-likeness (QED) is 0.168. The number of hydrogen-bond donors (Lipinski definition) is 5. The lowest BCUT2D eigenvalue weighted by molar-refractivity contribution is -0.160. The molecule has 0 spiro atoms. The summed E-state index contributed by atoms with van der Waals surface area (Å²) in [5.74, 6) is -1.63. The number of thiazole rings is 1. The van der Waals surface area contributed by atoms with Gasteiger partial charge in [0.15, 0.2) is 0 Å². The van der Waals surface area contributed by atoms with E-state index in [0.29, 0.717) is 46.0 Å². The Hall–Kier alpha value is -3.58. The van der Waals surface area contributed by atoms with Crippen molar-refractivity contribution in [3.63, 3.8) is 0 Å². The molecule has 1 aliphatic carbocycles. The molecule has 0 bridgehead atoms. The number of nitrogens with two attached hydrogens (primary N) is 1. The van der Waals surface area contributed by atoms with Gasteiger partial charge in [-0.1, -0.05) is 20.8 Å². The van der Waals surface area contributed by atoms with Gasteiger partial charge in [-0.25, -0.2) is 15.0 Å². The predicted molar refractivity (Wildman–Crippen MR) is 147 cm³/mol. The van der Waals surface area contributed by atoms with Crippen LogP contribution in [0, 0.1) is 22.2 Å². The van der Waals surface area contributed by atoms with E-state index < -0.39 is 40.2 Å². The number of carboxylic acid groups (broad SMARTS) is 1. The SMILES string of the molecule is CC1(C)CC(C)(C(C)(O)c2ncc(-c3cc(Nc4nccc(C(F)(F)F)n4)cc(C=N)c3N)s2)CCC1C(=O)O. The Morgan fingerprint density at radius 1 is 1.27 bits per heavy atom. The summed E-state index contributed by atoms with van der Waals surface area (Å²) in [6, 6.07) is 3.86. The molecule has 2 aromatic heterocycles. The molecule has 1 aliphatic rings. The number of benzene rings is 1. The Morgan fingerprint density at radius 3 is 2.58 bits per heavy atom. The van der Waals surface area contributed by atoms with Crippen LogP contribution in [0.1, 0.15) is 63.2 Å². The molecule has 40 heavy (non-hydrogen) atoms. The van der Waals surface area contributed by atoms with Crippen LogP contribution >= 0.6 is 11.3 Å². The van der Waals surface area contributed by atoms with Crippen molar-refractivity contribution in [2.24, 2.45) is 16.7 Å². The number of rotatable bonds is 7. The second-order valence-corrected chi connectivity index (χ2v) is 12.3. The molecule has 4 rings (SSSR count). The number of hydrogen-bond acceptors (Lipinski definition) is 9. The summed E-state index contributed by atoms with van der Waals surface area (Å²) in [7, 11) is 0. The first-order valence-electron chi connectivity index (χ1n) is 12.5. The van der Waals surface area contributed by atoms with Crippen molar-refractivity contribution < 1.29 is 28.2 Å². The second-order valence-electron chi connectivity index (χ2n) is 11.3. The number of carboxylic acids is 1. The number of nitrogens with one attached hydrogen (secondary N) is 2. The molecule has 0 amide bonds. The summed E-state index contributed by atoms with van der Waals surface area (Å²) in [6.07, 6.45) is 0.321. The average Bonchev–Trinajstić information content (AvgIpc) is 3.34. The minimum Gasteiger partial charge on any atom is -0.481 e. The van der Waals surface area contributed by atoms with Gasteiger partial charge in [0.25, 0.3) is 0 Å². The Labute approximate surface area is 233 Å². The average molecular weight is 577 g/mol. The van der Waals surface area contributed by atoms with E-state index in [1.54, 1.807) is 19.2 Å². The van der Waals surface area contributed by atoms with E-state index in [1.165, 1.54) is 17.4 Å². The zero-order valence-electron chi connectivity index (χ0n) is 22.4. The van der Waals surface area contributed by atoms with Gasteiger partial charge in [-0.2, -0.15) is 13.2 Å². The van der Waals surface area contributed by atoms with Crippen LogP contribution in [-0.4, -0.2) is 37.3 Å². The van der Waals surface area contributed by atoms with Crippen LogP contribution in [0.2, 0.25) is 0 Å². The van der Waals surface area contributed by atoms with Gasteiger partial charge in [0.1, 0.15) is 16.3 Å². The van der Waals surface area contributed by atoms with E-state index in [9.17, 15) is 28.2 Å². The molecule has 13 heteroatoms. The highest BCUT2D eigenvalue weighted by Crippen LogP contribution is 2.57. The Bertz CT molecular complexity index is 1460. The van der Waals surface area contributed by atoms with Gasteiger partial charge in [0, 0.05) is 46.5 Å². The van der Waals surface area contributed by atoms with Gasteiger partial charge in [-0.15, -0.1) is 11.3 Å².